The molecular formula is C17H14N4O4S. The largest absolute Gasteiger partial charge is 0.454 e. The van der Waals surface area contributed by atoms with Crippen molar-refractivity contribution >= 4 is 23.1 Å². The van der Waals surface area contributed by atoms with E-state index < -0.39 is 0 Å². The van der Waals surface area contributed by atoms with Gasteiger partial charge in [-0.3, -0.25) is 0 Å². The van der Waals surface area contributed by atoms with Crippen LogP contribution in [0.2, 0.25) is 0 Å². The van der Waals surface area contributed by atoms with Crippen LogP contribution in [0.15, 0.2) is 40.2 Å². The molecule has 9 heteroatoms. The fourth-order valence-corrected chi connectivity index (χ4v) is 3.53. The van der Waals surface area contributed by atoms with Crippen molar-refractivity contribution in [3.8, 4) is 22.2 Å². The lowest BCUT2D eigenvalue weighted by atomic mass is 10.0. The monoisotopic (exact) mass is 370 g/mol. The van der Waals surface area contributed by atoms with E-state index >= 15 is 0 Å². The highest BCUT2D eigenvalue weighted by molar-refractivity contribution is 7.13. The zero-order valence-electron chi connectivity index (χ0n) is 13.5. The first-order valence-corrected chi connectivity index (χ1v) is 8.97. The van der Waals surface area contributed by atoms with E-state index in [1.165, 1.54) is 0 Å². The average Bonchev–Trinajstić information content (AvgIpc) is 3.34. The number of nitrogens with zero attached hydrogens (tertiary/aromatic N) is 3. The van der Waals surface area contributed by atoms with Gasteiger partial charge in [-0.05, 0) is 23.6 Å². The third-order valence-electron chi connectivity index (χ3n) is 4.33. The van der Waals surface area contributed by atoms with Crippen LogP contribution in [-0.2, 0) is 0 Å². The zero-order valence-corrected chi connectivity index (χ0v) is 14.4. The Morgan fingerprint density at radius 3 is 2.96 bits per heavy atom. The summed E-state index contributed by atoms with van der Waals surface area (Å²) in [7, 11) is 0. The standard InChI is InChI=1S/C17H14N4O4S/c22-17(18-11-3-4-12-13(6-11)24-9-23-12)21-7-10(8-21)16-19-15(20-25-16)14-2-1-5-26-14/h1-6,10H,7-9H2,(H,18,22). The van der Waals surface area contributed by atoms with Crippen LogP contribution in [0.5, 0.6) is 11.5 Å². The molecule has 2 aliphatic rings. The maximum absolute atomic E-state index is 12.3. The first-order valence-electron chi connectivity index (χ1n) is 8.09. The number of aromatic nitrogens is 2. The molecule has 3 aromatic rings. The Hall–Kier alpha value is -3.07. The Labute approximate surface area is 152 Å². The summed E-state index contributed by atoms with van der Waals surface area (Å²) < 4.78 is 15.9. The van der Waals surface area contributed by atoms with Gasteiger partial charge in [-0.15, -0.1) is 11.3 Å². The van der Waals surface area contributed by atoms with Gasteiger partial charge in [0.15, 0.2) is 11.5 Å². The van der Waals surface area contributed by atoms with Crippen LogP contribution in [0.3, 0.4) is 0 Å². The van der Waals surface area contributed by atoms with Gasteiger partial charge in [0, 0.05) is 24.8 Å². The number of likely N-dealkylation sites (tertiary alicyclic amines) is 1. The number of nitrogens with one attached hydrogen (secondary N) is 1. The summed E-state index contributed by atoms with van der Waals surface area (Å²) >= 11 is 1.56. The van der Waals surface area contributed by atoms with Gasteiger partial charge in [-0.2, -0.15) is 4.98 Å². The Kier molecular flexibility index (Phi) is 3.52. The van der Waals surface area contributed by atoms with Crippen LogP contribution in [0, 0.1) is 0 Å². The summed E-state index contributed by atoms with van der Waals surface area (Å²) in [5, 5.41) is 8.84. The Morgan fingerprint density at radius 2 is 2.12 bits per heavy atom. The van der Waals surface area contributed by atoms with Crippen molar-refractivity contribution in [2.45, 2.75) is 5.92 Å². The molecule has 2 amide bonds. The van der Waals surface area contributed by atoms with Crippen molar-refractivity contribution in [3.05, 3.63) is 41.6 Å². The smallest absolute Gasteiger partial charge is 0.321 e. The predicted octanol–water partition coefficient (Wildman–Crippen LogP) is 3.16. The number of carbonyl (C=O) groups is 1. The second-order valence-corrected chi connectivity index (χ2v) is 6.98. The third kappa shape index (κ3) is 2.66. The van der Waals surface area contributed by atoms with E-state index in [0.717, 1.165) is 4.88 Å². The number of hydrogen-bond donors (Lipinski definition) is 1. The van der Waals surface area contributed by atoms with Gasteiger partial charge < -0.3 is 24.2 Å². The topological polar surface area (TPSA) is 89.7 Å². The van der Waals surface area contributed by atoms with Crippen LogP contribution in [0.25, 0.3) is 10.7 Å². The summed E-state index contributed by atoms with van der Waals surface area (Å²) in [4.78, 5) is 19.4. The first-order chi connectivity index (χ1) is 12.8. The predicted molar refractivity (Wildman–Crippen MR) is 93.5 cm³/mol. The molecule has 0 atom stereocenters. The maximum atomic E-state index is 12.3. The second-order valence-electron chi connectivity index (χ2n) is 6.03. The number of amides is 2. The molecular weight excluding hydrogens is 356 g/mol. The van der Waals surface area contributed by atoms with E-state index in [1.807, 2.05) is 17.5 Å². The van der Waals surface area contributed by atoms with Crippen LogP contribution in [-0.4, -0.2) is 41.0 Å². The molecule has 1 fully saturated rings. The zero-order chi connectivity index (χ0) is 17.5. The minimum absolute atomic E-state index is 0.0683. The molecule has 0 bridgehead atoms. The average molecular weight is 370 g/mol. The van der Waals surface area contributed by atoms with E-state index in [9.17, 15) is 4.79 Å². The molecule has 5 rings (SSSR count). The normalized spacial score (nSPS) is 15.8. The van der Waals surface area contributed by atoms with Gasteiger partial charge >= 0.3 is 6.03 Å². The van der Waals surface area contributed by atoms with Gasteiger partial charge in [-0.1, -0.05) is 11.2 Å². The third-order valence-corrected chi connectivity index (χ3v) is 5.19. The van der Waals surface area contributed by atoms with Crippen LogP contribution < -0.4 is 14.8 Å². The molecule has 26 heavy (non-hydrogen) atoms. The van der Waals surface area contributed by atoms with Crippen molar-refractivity contribution in [1.82, 2.24) is 15.0 Å². The molecule has 132 valence electrons. The maximum Gasteiger partial charge on any atom is 0.321 e. The highest BCUT2D eigenvalue weighted by Crippen LogP contribution is 2.35. The van der Waals surface area contributed by atoms with Crippen LogP contribution >= 0.6 is 11.3 Å². The lowest BCUT2D eigenvalue weighted by Gasteiger charge is -2.36. The quantitative estimate of drug-likeness (QED) is 0.762. The minimum Gasteiger partial charge on any atom is -0.454 e. The molecule has 2 aliphatic heterocycles. The summed E-state index contributed by atoms with van der Waals surface area (Å²) in [6.45, 7) is 1.29. The molecule has 1 aromatic carbocycles. The fraction of sp³-hybridized carbons (Fsp3) is 0.235. The van der Waals surface area contributed by atoms with E-state index in [0.29, 0.717) is 42.0 Å². The molecule has 0 spiro atoms. The molecule has 0 unspecified atom stereocenters. The van der Waals surface area contributed by atoms with Gasteiger partial charge in [0.05, 0.1) is 10.8 Å². The number of hydrogen-bond acceptors (Lipinski definition) is 7. The first kappa shape index (κ1) is 15.2. The number of rotatable bonds is 3. The van der Waals surface area contributed by atoms with Crippen molar-refractivity contribution in [2.24, 2.45) is 0 Å². The molecule has 0 radical (unpaired) electrons. The number of benzene rings is 1. The van der Waals surface area contributed by atoms with Gasteiger partial charge in [-0.25, -0.2) is 4.79 Å². The summed E-state index contributed by atoms with van der Waals surface area (Å²) in [6.07, 6.45) is 0. The number of thiophene rings is 1. The number of carbonyl (C=O) groups excluding carboxylic acids is 1. The Balaban J connectivity index is 1.19. The van der Waals surface area contributed by atoms with Gasteiger partial charge in [0.1, 0.15) is 0 Å². The summed E-state index contributed by atoms with van der Waals surface area (Å²) in [5.74, 6) is 2.55. The van der Waals surface area contributed by atoms with E-state index in [1.54, 1.807) is 34.4 Å². The van der Waals surface area contributed by atoms with Crippen LogP contribution in [0.1, 0.15) is 11.8 Å². The molecule has 1 saturated heterocycles. The number of fused-ring (bicyclic) bond motifs is 1. The fourth-order valence-electron chi connectivity index (χ4n) is 2.88. The second kappa shape index (κ2) is 6.03. The molecule has 2 aromatic heterocycles. The van der Waals surface area contributed by atoms with Gasteiger partial charge in [0.25, 0.3) is 0 Å². The molecule has 0 aliphatic carbocycles. The van der Waals surface area contributed by atoms with Crippen molar-refractivity contribution < 1.29 is 18.8 Å². The minimum atomic E-state index is -0.168. The molecule has 1 N–H and O–H groups in total. The number of urea groups is 1. The van der Waals surface area contributed by atoms with Crippen molar-refractivity contribution in [3.63, 3.8) is 0 Å². The number of ether oxygens (including phenoxy) is 2. The lowest BCUT2D eigenvalue weighted by molar-refractivity contribution is 0.147. The SMILES string of the molecule is O=C(Nc1ccc2c(c1)OCO2)N1CC(c2nc(-c3cccs3)no2)C1. The number of anilines is 1. The van der Waals surface area contributed by atoms with E-state index in [2.05, 4.69) is 15.5 Å². The highest BCUT2D eigenvalue weighted by Gasteiger charge is 2.36. The van der Waals surface area contributed by atoms with Crippen molar-refractivity contribution in [1.29, 1.82) is 0 Å². The lowest BCUT2D eigenvalue weighted by Crippen LogP contribution is -2.50. The van der Waals surface area contributed by atoms with Crippen LogP contribution in [0.4, 0.5) is 10.5 Å². The molecule has 4 heterocycles. The summed E-state index contributed by atoms with van der Waals surface area (Å²) in [6, 6.07) is 9.04. The molecule has 8 nitrogen and oxygen atoms in total. The van der Waals surface area contributed by atoms with Gasteiger partial charge in [0.2, 0.25) is 18.5 Å². The molecule has 0 saturated carbocycles. The van der Waals surface area contributed by atoms with E-state index in [-0.39, 0.29) is 18.7 Å². The Morgan fingerprint density at radius 1 is 1.23 bits per heavy atom. The van der Waals surface area contributed by atoms with E-state index in [4.69, 9.17) is 14.0 Å². The Bertz CT molecular complexity index is 950. The summed E-state index contributed by atoms with van der Waals surface area (Å²) in [5.41, 5.74) is 0.667. The highest BCUT2D eigenvalue weighted by atomic mass is 32.1. The van der Waals surface area contributed by atoms with Crippen molar-refractivity contribution in [2.75, 3.05) is 25.2 Å².